The zero-order valence-corrected chi connectivity index (χ0v) is 17.7. The molecule has 1 fully saturated rings. The highest BCUT2D eigenvalue weighted by Gasteiger charge is 2.45. The van der Waals surface area contributed by atoms with E-state index in [0.29, 0.717) is 30.0 Å². The average molecular weight is 409 g/mol. The van der Waals surface area contributed by atoms with Gasteiger partial charge >= 0.3 is 0 Å². The molecule has 1 aromatic carbocycles. The van der Waals surface area contributed by atoms with Gasteiger partial charge in [-0.3, -0.25) is 14.6 Å². The predicted octanol–water partition coefficient (Wildman–Crippen LogP) is 2.85. The van der Waals surface area contributed by atoms with Crippen molar-refractivity contribution in [3.8, 4) is 5.75 Å². The molecule has 2 heterocycles. The first-order chi connectivity index (χ1) is 14.3. The van der Waals surface area contributed by atoms with Crippen molar-refractivity contribution in [1.82, 2.24) is 14.8 Å². The zero-order chi connectivity index (χ0) is 21.8. The number of aromatic nitrogens is 1. The van der Waals surface area contributed by atoms with E-state index in [0.717, 1.165) is 0 Å². The number of ketones is 1. The van der Waals surface area contributed by atoms with Gasteiger partial charge in [0, 0.05) is 31.0 Å². The van der Waals surface area contributed by atoms with E-state index in [1.54, 1.807) is 48.8 Å². The summed E-state index contributed by atoms with van der Waals surface area (Å²) in [6.45, 7) is 4.80. The lowest BCUT2D eigenvalue weighted by Crippen LogP contribution is -2.35. The van der Waals surface area contributed by atoms with Crippen molar-refractivity contribution in [2.75, 3.05) is 27.2 Å². The first-order valence-corrected chi connectivity index (χ1v) is 9.89. The first-order valence-electron chi connectivity index (χ1n) is 9.89. The number of Topliss-reactive ketones (excluding diaryl/α,β-unsaturated/α-hetero) is 1. The maximum atomic E-state index is 12.9. The average Bonchev–Trinajstić information content (AvgIpc) is 2.97. The van der Waals surface area contributed by atoms with Crippen LogP contribution in [0.3, 0.4) is 0 Å². The normalized spacial score (nSPS) is 18.5. The summed E-state index contributed by atoms with van der Waals surface area (Å²) < 4.78 is 5.63. The van der Waals surface area contributed by atoms with Gasteiger partial charge in [0.05, 0.1) is 17.7 Å². The number of aliphatic hydroxyl groups is 1. The van der Waals surface area contributed by atoms with Crippen molar-refractivity contribution >= 4 is 17.4 Å². The van der Waals surface area contributed by atoms with Crippen molar-refractivity contribution in [2.45, 2.75) is 26.0 Å². The fourth-order valence-corrected chi connectivity index (χ4v) is 3.42. The molecule has 3 rings (SSSR count). The number of rotatable bonds is 7. The van der Waals surface area contributed by atoms with Crippen molar-refractivity contribution in [1.29, 1.82) is 0 Å². The van der Waals surface area contributed by atoms with Crippen LogP contribution in [0.15, 0.2) is 54.4 Å². The highest BCUT2D eigenvalue weighted by Crippen LogP contribution is 2.39. The summed E-state index contributed by atoms with van der Waals surface area (Å²) in [5.41, 5.74) is 1.20. The van der Waals surface area contributed by atoms with E-state index in [1.807, 2.05) is 32.8 Å². The number of pyridine rings is 1. The van der Waals surface area contributed by atoms with Crippen molar-refractivity contribution in [3.63, 3.8) is 0 Å². The highest BCUT2D eigenvalue weighted by atomic mass is 16.5. The van der Waals surface area contributed by atoms with Crippen molar-refractivity contribution < 1.29 is 19.4 Å². The molecule has 1 aliphatic rings. The molecule has 0 bridgehead atoms. The third-order valence-electron chi connectivity index (χ3n) is 4.83. The molecule has 1 N–H and O–H groups in total. The maximum Gasteiger partial charge on any atom is 0.295 e. The summed E-state index contributed by atoms with van der Waals surface area (Å²) in [4.78, 5) is 33.3. The van der Waals surface area contributed by atoms with Crippen LogP contribution in [-0.2, 0) is 9.59 Å². The Hall–Kier alpha value is -3.19. The molecule has 2 aromatic rings. The minimum atomic E-state index is -0.692. The van der Waals surface area contributed by atoms with Crippen LogP contribution in [0, 0.1) is 0 Å². The summed E-state index contributed by atoms with van der Waals surface area (Å²) in [5, 5.41) is 11.0. The van der Waals surface area contributed by atoms with Gasteiger partial charge in [-0.2, -0.15) is 0 Å². The minimum absolute atomic E-state index is 0.0250. The van der Waals surface area contributed by atoms with E-state index in [4.69, 9.17) is 4.74 Å². The van der Waals surface area contributed by atoms with Gasteiger partial charge in [0.15, 0.2) is 0 Å². The molecule has 7 nitrogen and oxygen atoms in total. The van der Waals surface area contributed by atoms with Crippen LogP contribution in [0.4, 0.5) is 0 Å². The Morgan fingerprint density at radius 1 is 1.20 bits per heavy atom. The standard InChI is InChI=1S/C23H27N3O4/c1-15(2)30-18-9-7-16(8-10-18)21(27)19-20(17-6-5-11-24-14-17)26(13-12-25(3)4)23(29)22(19)28/h5-11,14-15,20,27H,12-13H2,1-4H3/t20-/m1/s1. The molecule has 7 heteroatoms. The largest absolute Gasteiger partial charge is 0.507 e. The maximum absolute atomic E-state index is 12.9. The molecular weight excluding hydrogens is 382 g/mol. The molecule has 1 aromatic heterocycles. The molecule has 0 radical (unpaired) electrons. The molecule has 1 aliphatic heterocycles. The molecule has 0 unspecified atom stereocenters. The number of hydrogen-bond acceptors (Lipinski definition) is 6. The Labute approximate surface area is 176 Å². The van der Waals surface area contributed by atoms with Gasteiger partial charge in [0.1, 0.15) is 11.5 Å². The highest BCUT2D eigenvalue weighted by molar-refractivity contribution is 6.46. The minimum Gasteiger partial charge on any atom is -0.507 e. The fraction of sp³-hybridized carbons (Fsp3) is 0.348. The third-order valence-corrected chi connectivity index (χ3v) is 4.83. The fourth-order valence-electron chi connectivity index (χ4n) is 3.42. The van der Waals surface area contributed by atoms with Gasteiger partial charge < -0.3 is 19.6 Å². The molecule has 0 aliphatic carbocycles. The molecule has 1 saturated heterocycles. The Balaban J connectivity index is 2.05. The second-order valence-corrected chi connectivity index (χ2v) is 7.77. The van der Waals surface area contributed by atoms with E-state index in [1.165, 1.54) is 4.90 Å². The van der Waals surface area contributed by atoms with Crippen LogP contribution in [0.25, 0.3) is 5.76 Å². The number of carbonyl (C=O) groups is 2. The topological polar surface area (TPSA) is 83.0 Å². The van der Waals surface area contributed by atoms with Crippen LogP contribution in [0.5, 0.6) is 5.75 Å². The number of hydrogen-bond donors (Lipinski definition) is 1. The van der Waals surface area contributed by atoms with Gasteiger partial charge in [-0.1, -0.05) is 6.07 Å². The van der Waals surface area contributed by atoms with E-state index in [-0.39, 0.29) is 17.4 Å². The number of aliphatic hydroxyl groups excluding tert-OH is 1. The van der Waals surface area contributed by atoms with Crippen molar-refractivity contribution in [3.05, 3.63) is 65.5 Å². The lowest BCUT2D eigenvalue weighted by Gasteiger charge is -2.26. The smallest absolute Gasteiger partial charge is 0.295 e. The lowest BCUT2D eigenvalue weighted by atomic mass is 9.96. The number of carbonyl (C=O) groups excluding carboxylic acids is 2. The Morgan fingerprint density at radius 2 is 1.90 bits per heavy atom. The van der Waals surface area contributed by atoms with E-state index >= 15 is 0 Å². The Morgan fingerprint density at radius 3 is 2.47 bits per heavy atom. The second kappa shape index (κ2) is 9.09. The number of likely N-dealkylation sites (N-methyl/N-ethyl adjacent to an activating group) is 1. The molecule has 0 spiro atoms. The number of ether oxygens (including phenoxy) is 1. The molecule has 30 heavy (non-hydrogen) atoms. The van der Waals surface area contributed by atoms with Crippen molar-refractivity contribution in [2.24, 2.45) is 0 Å². The van der Waals surface area contributed by atoms with E-state index in [9.17, 15) is 14.7 Å². The van der Waals surface area contributed by atoms with Gasteiger partial charge in [0.25, 0.3) is 11.7 Å². The van der Waals surface area contributed by atoms with Crippen LogP contribution in [0.2, 0.25) is 0 Å². The third kappa shape index (κ3) is 4.52. The molecule has 158 valence electrons. The van der Waals surface area contributed by atoms with Crippen LogP contribution >= 0.6 is 0 Å². The van der Waals surface area contributed by atoms with Crippen LogP contribution in [0.1, 0.15) is 31.0 Å². The molecule has 1 amide bonds. The SMILES string of the molecule is CC(C)Oc1ccc(C(O)=C2C(=O)C(=O)N(CCN(C)C)[C@@H]2c2cccnc2)cc1. The lowest BCUT2D eigenvalue weighted by molar-refractivity contribution is -0.140. The van der Waals surface area contributed by atoms with Crippen LogP contribution < -0.4 is 4.74 Å². The van der Waals surface area contributed by atoms with Crippen LogP contribution in [-0.4, -0.2) is 64.9 Å². The summed E-state index contributed by atoms with van der Waals surface area (Å²) in [5.74, 6) is -0.850. The summed E-state index contributed by atoms with van der Waals surface area (Å²) >= 11 is 0. The van der Waals surface area contributed by atoms with Gasteiger partial charge in [0.2, 0.25) is 0 Å². The quantitative estimate of drug-likeness (QED) is 0.430. The number of benzene rings is 1. The van der Waals surface area contributed by atoms with Gasteiger partial charge in [-0.25, -0.2) is 0 Å². The Bertz CT molecular complexity index is 937. The summed E-state index contributed by atoms with van der Waals surface area (Å²) in [6.07, 6.45) is 3.27. The Kier molecular flexibility index (Phi) is 6.52. The summed E-state index contributed by atoms with van der Waals surface area (Å²) in [6, 6.07) is 9.69. The zero-order valence-electron chi connectivity index (χ0n) is 17.7. The first kappa shape index (κ1) is 21.5. The molecular formula is C23H27N3O4. The summed E-state index contributed by atoms with van der Waals surface area (Å²) in [7, 11) is 3.80. The van der Waals surface area contributed by atoms with Gasteiger partial charge in [-0.15, -0.1) is 0 Å². The van der Waals surface area contributed by atoms with E-state index in [2.05, 4.69) is 4.98 Å². The number of likely N-dealkylation sites (tertiary alicyclic amines) is 1. The van der Waals surface area contributed by atoms with Gasteiger partial charge in [-0.05, 0) is 63.8 Å². The van der Waals surface area contributed by atoms with E-state index < -0.39 is 17.7 Å². The number of nitrogens with zero attached hydrogens (tertiary/aromatic N) is 3. The molecule has 1 atom stereocenters. The monoisotopic (exact) mass is 409 g/mol. The number of amides is 1. The molecule has 0 saturated carbocycles. The second-order valence-electron chi connectivity index (χ2n) is 7.77. The predicted molar refractivity (Wildman–Crippen MR) is 114 cm³/mol.